The van der Waals surface area contributed by atoms with E-state index in [1.54, 1.807) is 6.20 Å². The Morgan fingerprint density at radius 1 is 1.53 bits per heavy atom. The van der Waals surface area contributed by atoms with Gasteiger partial charge in [-0.3, -0.25) is 4.98 Å². The molecule has 0 aliphatic carbocycles. The summed E-state index contributed by atoms with van der Waals surface area (Å²) in [7, 11) is 0. The summed E-state index contributed by atoms with van der Waals surface area (Å²) in [5.41, 5.74) is 6.88. The maximum atomic E-state index is 5.75. The van der Waals surface area contributed by atoms with Crippen LogP contribution in [0.2, 0.25) is 0 Å². The number of hydrogen-bond donors (Lipinski definition) is 2. The van der Waals surface area contributed by atoms with Gasteiger partial charge in [0.1, 0.15) is 0 Å². The zero-order valence-electron chi connectivity index (χ0n) is 9.20. The lowest BCUT2D eigenvalue weighted by Crippen LogP contribution is -2.34. The molecule has 1 heterocycles. The highest BCUT2D eigenvalue weighted by molar-refractivity contribution is 9.10. The van der Waals surface area contributed by atoms with E-state index in [-0.39, 0.29) is 6.04 Å². The lowest BCUT2D eigenvalue weighted by Gasteiger charge is -2.21. The quantitative estimate of drug-likeness (QED) is 0.864. The fourth-order valence-electron chi connectivity index (χ4n) is 1.38. The molecule has 0 amide bonds. The van der Waals surface area contributed by atoms with Crippen molar-refractivity contribution in [1.82, 2.24) is 10.3 Å². The van der Waals surface area contributed by atoms with Crippen LogP contribution < -0.4 is 11.1 Å². The van der Waals surface area contributed by atoms with E-state index < -0.39 is 0 Å². The standard InChI is InChI=1S/C11H18BrN3/c1-3-8(2)15-11(5-13)9-4-10(12)7-14-6-9/h4,6-8,11,15H,3,5,13H2,1-2H3. The number of rotatable bonds is 5. The minimum absolute atomic E-state index is 0.185. The molecule has 0 saturated heterocycles. The molecule has 15 heavy (non-hydrogen) atoms. The van der Waals surface area contributed by atoms with Gasteiger partial charge in [0.25, 0.3) is 0 Å². The average Bonchev–Trinajstić information content (AvgIpc) is 2.25. The highest BCUT2D eigenvalue weighted by Gasteiger charge is 2.12. The van der Waals surface area contributed by atoms with Crippen molar-refractivity contribution in [3.05, 3.63) is 28.5 Å². The van der Waals surface area contributed by atoms with E-state index in [1.165, 1.54) is 0 Å². The molecule has 2 unspecified atom stereocenters. The second-order valence-electron chi connectivity index (χ2n) is 3.70. The van der Waals surface area contributed by atoms with Crippen LogP contribution in [0, 0.1) is 0 Å². The summed E-state index contributed by atoms with van der Waals surface area (Å²) in [6.45, 7) is 4.90. The Labute approximate surface area is 99.6 Å². The molecule has 2 atom stereocenters. The summed E-state index contributed by atoms with van der Waals surface area (Å²) in [6, 6.07) is 2.71. The molecule has 0 aliphatic rings. The highest BCUT2D eigenvalue weighted by atomic mass is 79.9. The molecule has 0 spiro atoms. The molecule has 1 aromatic rings. The molecule has 0 fully saturated rings. The topological polar surface area (TPSA) is 50.9 Å². The van der Waals surface area contributed by atoms with Crippen molar-refractivity contribution in [2.45, 2.75) is 32.4 Å². The van der Waals surface area contributed by atoms with Crippen molar-refractivity contribution in [1.29, 1.82) is 0 Å². The van der Waals surface area contributed by atoms with Gasteiger partial charge < -0.3 is 11.1 Å². The van der Waals surface area contributed by atoms with Gasteiger partial charge in [-0.05, 0) is 40.9 Å². The third-order valence-corrected chi connectivity index (χ3v) is 2.90. The molecule has 1 rings (SSSR count). The van der Waals surface area contributed by atoms with Crippen molar-refractivity contribution >= 4 is 15.9 Å². The summed E-state index contributed by atoms with van der Waals surface area (Å²) in [6.07, 6.45) is 4.73. The Morgan fingerprint density at radius 2 is 2.27 bits per heavy atom. The summed E-state index contributed by atoms with van der Waals surface area (Å²) >= 11 is 3.41. The zero-order chi connectivity index (χ0) is 11.3. The molecule has 0 aliphatic heterocycles. The van der Waals surface area contributed by atoms with Gasteiger partial charge >= 0.3 is 0 Å². The molecule has 3 nitrogen and oxygen atoms in total. The van der Waals surface area contributed by atoms with Crippen molar-refractivity contribution in [3.63, 3.8) is 0 Å². The second-order valence-corrected chi connectivity index (χ2v) is 4.62. The Hall–Kier alpha value is -0.450. The van der Waals surface area contributed by atoms with Crippen LogP contribution >= 0.6 is 15.9 Å². The Kier molecular flexibility index (Phi) is 5.22. The predicted octanol–water partition coefficient (Wildman–Crippen LogP) is 2.23. The number of nitrogens with two attached hydrogens (primary N) is 1. The normalized spacial score (nSPS) is 14.9. The monoisotopic (exact) mass is 271 g/mol. The summed E-state index contributed by atoms with van der Waals surface area (Å²) < 4.78 is 0.990. The van der Waals surface area contributed by atoms with E-state index in [0.717, 1.165) is 16.5 Å². The fraction of sp³-hybridized carbons (Fsp3) is 0.545. The van der Waals surface area contributed by atoms with E-state index in [0.29, 0.717) is 12.6 Å². The van der Waals surface area contributed by atoms with Crippen LogP contribution in [0.5, 0.6) is 0 Å². The number of nitrogens with one attached hydrogen (secondary N) is 1. The minimum atomic E-state index is 0.185. The SMILES string of the molecule is CCC(C)NC(CN)c1cncc(Br)c1. The van der Waals surface area contributed by atoms with Crippen LogP contribution in [0.3, 0.4) is 0 Å². The minimum Gasteiger partial charge on any atom is -0.329 e. The van der Waals surface area contributed by atoms with E-state index in [1.807, 2.05) is 6.20 Å². The summed E-state index contributed by atoms with van der Waals surface area (Å²) in [4.78, 5) is 4.14. The molecule has 0 saturated carbocycles. The van der Waals surface area contributed by atoms with Crippen LogP contribution in [0.4, 0.5) is 0 Å². The van der Waals surface area contributed by atoms with Gasteiger partial charge in [-0.1, -0.05) is 6.92 Å². The first-order valence-electron chi connectivity index (χ1n) is 5.24. The first kappa shape index (κ1) is 12.6. The highest BCUT2D eigenvalue weighted by Crippen LogP contribution is 2.16. The zero-order valence-corrected chi connectivity index (χ0v) is 10.8. The largest absolute Gasteiger partial charge is 0.329 e. The van der Waals surface area contributed by atoms with Gasteiger partial charge in [0.2, 0.25) is 0 Å². The fourth-order valence-corrected chi connectivity index (χ4v) is 1.76. The van der Waals surface area contributed by atoms with E-state index >= 15 is 0 Å². The van der Waals surface area contributed by atoms with Crippen molar-refractivity contribution < 1.29 is 0 Å². The number of nitrogens with zero attached hydrogens (tertiary/aromatic N) is 1. The van der Waals surface area contributed by atoms with Crippen LogP contribution in [0.1, 0.15) is 31.9 Å². The number of hydrogen-bond acceptors (Lipinski definition) is 3. The van der Waals surface area contributed by atoms with Gasteiger partial charge in [-0.25, -0.2) is 0 Å². The Balaban J connectivity index is 2.73. The average molecular weight is 272 g/mol. The molecule has 3 N–H and O–H groups in total. The van der Waals surface area contributed by atoms with Gasteiger partial charge in [0, 0.05) is 35.5 Å². The molecule has 84 valence electrons. The lowest BCUT2D eigenvalue weighted by molar-refractivity contribution is 0.451. The van der Waals surface area contributed by atoms with Crippen molar-refractivity contribution in [2.75, 3.05) is 6.54 Å². The molecule has 0 bridgehead atoms. The van der Waals surface area contributed by atoms with Crippen molar-refractivity contribution in [2.24, 2.45) is 5.73 Å². The molecule has 0 aromatic carbocycles. The molecule has 1 aromatic heterocycles. The number of halogens is 1. The number of pyridine rings is 1. The lowest BCUT2D eigenvalue weighted by atomic mass is 10.1. The van der Waals surface area contributed by atoms with E-state index in [2.05, 4.69) is 46.1 Å². The maximum Gasteiger partial charge on any atom is 0.0462 e. The summed E-state index contributed by atoms with van der Waals surface area (Å²) in [5, 5.41) is 3.47. The van der Waals surface area contributed by atoms with Gasteiger partial charge in [-0.2, -0.15) is 0 Å². The second kappa shape index (κ2) is 6.20. The van der Waals surface area contributed by atoms with Gasteiger partial charge in [0.15, 0.2) is 0 Å². The van der Waals surface area contributed by atoms with Crippen LogP contribution in [-0.2, 0) is 0 Å². The Morgan fingerprint density at radius 3 is 2.80 bits per heavy atom. The molecular weight excluding hydrogens is 254 g/mol. The van der Waals surface area contributed by atoms with Gasteiger partial charge in [0.05, 0.1) is 0 Å². The van der Waals surface area contributed by atoms with E-state index in [4.69, 9.17) is 5.73 Å². The third kappa shape index (κ3) is 3.89. The van der Waals surface area contributed by atoms with E-state index in [9.17, 15) is 0 Å². The smallest absolute Gasteiger partial charge is 0.0462 e. The number of aromatic nitrogens is 1. The molecular formula is C11H18BrN3. The predicted molar refractivity (Wildman–Crippen MR) is 66.6 cm³/mol. The van der Waals surface area contributed by atoms with Crippen LogP contribution in [0.25, 0.3) is 0 Å². The maximum absolute atomic E-state index is 5.75. The molecule has 4 heteroatoms. The Bertz CT molecular complexity index is 304. The van der Waals surface area contributed by atoms with Gasteiger partial charge in [-0.15, -0.1) is 0 Å². The summed E-state index contributed by atoms with van der Waals surface area (Å²) in [5.74, 6) is 0. The third-order valence-electron chi connectivity index (χ3n) is 2.46. The first-order valence-corrected chi connectivity index (χ1v) is 6.03. The molecule has 0 radical (unpaired) electrons. The van der Waals surface area contributed by atoms with Crippen LogP contribution in [-0.4, -0.2) is 17.6 Å². The first-order chi connectivity index (χ1) is 7.17. The van der Waals surface area contributed by atoms with Crippen LogP contribution in [0.15, 0.2) is 22.9 Å². The van der Waals surface area contributed by atoms with Crippen molar-refractivity contribution in [3.8, 4) is 0 Å².